The van der Waals surface area contributed by atoms with Crippen molar-refractivity contribution in [3.8, 4) is 0 Å². The molecule has 1 aromatic rings. The molecule has 3 rings (SSSR count). The number of piperidine rings is 1. The molecule has 1 amide bonds. The van der Waals surface area contributed by atoms with Crippen molar-refractivity contribution < 1.29 is 9.18 Å². The molecule has 0 radical (unpaired) electrons. The van der Waals surface area contributed by atoms with Gasteiger partial charge < -0.3 is 10.6 Å². The lowest BCUT2D eigenvalue weighted by atomic mass is 10.1. The second kappa shape index (κ2) is 4.07. The van der Waals surface area contributed by atoms with E-state index in [1.807, 2.05) is 0 Å². The molecular weight excluding hydrogens is 287 g/mol. The Bertz CT molecular complexity index is 470. The van der Waals surface area contributed by atoms with Crippen molar-refractivity contribution in [1.29, 1.82) is 0 Å². The Kier molecular flexibility index (Phi) is 2.67. The first-order valence-corrected chi connectivity index (χ1v) is 6.45. The zero-order chi connectivity index (χ0) is 12.0. The minimum atomic E-state index is -0.427. The molecule has 0 aromatic heterocycles. The average Bonchev–Trinajstić information content (AvgIpc) is 2.92. The highest BCUT2D eigenvalue weighted by molar-refractivity contribution is 9.10. The summed E-state index contributed by atoms with van der Waals surface area (Å²) in [6.07, 6.45) is 2.04. The van der Waals surface area contributed by atoms with Crippen LogP contribution in [0.2, 0.25) is 0 Å². The van der Waals surface area contributed by atoms with E-state index >= 15 is 0 Å². The second-order valence-electron chi connectivity index (χ2n) is 4.65. The Labute approximate surface area is 107 Å². The van der Waals surface area contributed by atoms with Crippen LogP contribution in [-0.4, -0.2) is 18.0 Å². The molecule has 1 aromatic carbocycles. The number of amides is 1. The average molecular weight is 299 g/mol. The largest absolute Gasteiger partial charge is 0.322 e. The fourth-order valence-corrected chi connectivity index (χ4v) is 2.71. The Balaban J connectivity index is 1.69. The maximum Gasteiger partial charge on any atom is 0.241 e. The summed E-state index contributed by atoms with van der Waals surface area (Å²) in [4.78, 5) is 11.9. The molecule has 1 aliphatic carbocycles. The van der Waals surface area contributed by atoms with E-state index in [1.54, 1.807) is 18.2 Å². The molecule has 1 saturated heterocycles. The summed E-state index contributed by atoms with van der Waals surface area (Å²) in [5.74, 6) is 0.0799. The summed E-state index contributed by atoms with van der Waals surface area (Å²) < 4.78 is 14.0. The molecule has 5 heteroatoms. The van der Waals surface area contributed by atoms with Crippen molar-refractivity contribution >= 4 is 27.5 Å². The summed E-state index contributed by atoms with van der Waals surface area (Å²) in [6.45, 7) is 0. The molecule has 1 saturated carbocycles. The lowest BCUT2D eigenvalue weighted by Crippen LogP contribution is -2.38. The van der Waals surface area contributed by atoms with Crippen LogP contribution in [0.4, 0.5) is 10.1 Å². The third kappa shape index (κ3) is 2.09. The summed E-state index contributed by atoms with van der Waals surface area (Å²) in [5.41, 5.74) is 0.228. The van der Waals surface area contributed by atoms with Gasteiger partial charge in [0.05, 0.1) is 16.2 Å². The smallest absolute Gasteiger partial charge is 0.241 e. The van der Waals surface area contributed by atoms with Gasteiger partial charge >= 0.3 is 0 Å². The topological polar surface area (TPSA) is 41.1 Å². The van der Waals surface area contributed by atoms with Crippen molar-refractivity contribution in [2.24, 2.45) is 5.92 Å². The van der Waals surface area contributed by atoms with Gasteiger partial charge in [-0.3, -0.25) is 4.79 Å². The Morgan fingerprint density at radius 2 is 2.29 bits per heavy atom. The molecule has 3 nitrogen and oxygen atoms in total. The summed E-state index contributed by atoms with van der Waals surface area (Å²) in [5, 5.41) is 5.86. The minimum absolute atomic E-state index is 0.144. The molecule has 17 heavy (non-hydrogen) atoms. The number of rotatable bonds is 2. The van der Waals surface area contributed by atoms with Crippen LogP contribution < -0.4 is 10.6 Å². The van der Waals surface area contributed by atoms with Crippen LogP contribution in [0.25, 0.3) is 0 Å². The van der Waals surface area contributed by atoms with Gasteiger partial charge in [-0.05, 0) is 46.8 Å². The first-order valence-electron chi connectivity index (χ1n) is 5.66. The van der Waals surface area contributed by atoms with Gasteiger partial charge in [0.1, 0.15) is 0 Å². The maximum atomic E-state index is 13.7. The molecule has 0 bridgehead atoms. The molecule has 2 N–H and O–H groups in total. The highest BCUT2D eigenvalue weighted by Crippen LogP contribution is 2.40. The van der Waals surface area contributed by atoms with Crippen LogP contribution in [0.15, 0.2) is 22.7 Å². The highest BCUT2D eigenvalue weighted by Gasteiger charge is 2.47. The van der Waals surface area contributed by atoms with Crippen molar-refractivity contribution in [3.63, 3.8) is 0 Å². The van der Waals surface area contributed by atoms with Crippen LogP contribution in [0, 0.1) is 11.7 Å². The molecule has 0 spiro atoms. The predicted octanol–water partition coefficient (Wildman–Crippen LogP) is 2.28. The normalized spacial score (nSPS) is 29.9. The maximum absolute atomic E-state index is 13.7. The molecule has 1 heterocycles. The third-order valence-corrected chi connectivity index (χ3v) is 4.01. The lowest BCUT2D eigenvalue weighted by molar-refractivity contribution is -0.118. The van der Waals surface area contributed by atoms with Crippen molar-refractivity contribution in [3.05, 3.63) is 28.5 Å². The number of benzene rings is 1. The van der Waals surface area contributed by atoms with E-state index in [2.05, 4.69) is 26.6 Å². The highest BCUT2D eigenvalue weighted by atomic mass is 79.9. The van der Waals surface area contributed by atoms with Gasteiger partial charge in [0, 0.05) is 6.04 Å². The number of hydrogen-bond donors (Lipinski definition) is 2. The molecule has 2 aliphatic rings. The number of fused-ring (bicyclic) bond motifs is 1. The molecule has 2 fully saturated rings. The number of carbonyl (C=O) groups is 1. The minimum Gasteiger partial charge on any atom is -0.322 e. The predicted molar refractivity (Wildman–Crippen MR) is 66.2 cm³/mol. The van der Waals surface area contributed by atoms with Crippen LogP contribution in [0.5, 0.6) is 0 Å². The Morgan fingerprint density at radius 3 is 3.00 bits per heavy atom. The van der Waals surface area contributed by atoms with Gasteiger partial charge in [-0.2, -0.15) is 0 Å². The zero-order valence-corrected chi connectivity index (χ0v) is 10.6. The SMILES string of the molecule is O=C(Nc1cccc(Br)c1F)[C@@H]1C[C@H]2C[C@H]2N1. The molecule has 90 valence electrons. The van der Waals surface area contributed by atoms with Crippen LogP contribution in [0.1, 0.15) is 12.8 Å². The van der Waals surface area contributed by atoms with E-state index in [0.29, 0.717) is 16.4 Å². The van der Waals surface area contributed by atoms with E-state index in [1.165, 1.54) is 6.42 Å². The zero-order valence-electron chi connectivity index (χ0n) is 9.04. The van der Waals surface area contributed by atoms with Gasteiger partial charge in [-0.25, -0.2) is 4.39 Å². The van der Waals surface area contributed by atoms with Gasteiger partial charge in [0.25, 0.3) is 0 Å². The summed E-state index contributed by atoms with van der Waals surface area (Å²) in [6, 6.07) is 5.21. The van der Waals surface area contributed by atoms with E-state index in [9.17, 15) is 9.18 Å². The number of nitrogens with one attached hydrogen (secondary N) is 2. The summed E-state index contributed by atoms with van der Waals surface area (Å²) >= 11 is 3.09. The summed E-state index contributed by atoms with van der Waals surface area (Å²) in [7, 11) is 0. The molecule has 3 atom stereocenters. The number of anilines is 1. The quantitative estimate of drug-likeness (QED) is 0.879. The van der Waals surface area contributed by atoms with Crippen molar-refractivity contribution in [2.45, 2.75) is 24.9 Å². The van der Waals surface area contributed by atoms with E-state index in [4.69, 9.17) is 0 Å². The van der Waals surface area contributed by atoms with Gasteiger partial charge in [-0.1, -0.05) is 6.07 Å². The Hall–Kier alpha value is -0.940. The third-order valence-electron chi connectivity index (χ3n) is 3.40. The van der Waals surface area contributed by atoms with Crippen LogP contribution in [0.3, 0.4) is 0 Å². The van der Waals surface area contributed by atoms with Crippen molar-refractivity contribution in [2.75, 3.05) is 5.32 Å². The van der Waals surface area contributed by atoms with E-state index in [0.717, 1.165) is 6.42 Å². The molecular formula is C12H12BrFN2O. The van der Waals surface area contributed by atoms with Gasteiger partial charge in [0.15, 0.2) is 5.82 Å². The van der Waals surface area contributed by atoms with Gasteiger partial charge in [0.2, 0.25) is 5.91 Å². The molecule has 1 aliphatic heterocycles. The first kappa shape index (κ1) is 11.2. The Morgan fingerprint density at radius 1 is 1.47 bits per heavy atom. The number of hydrogen-bond acceptors (Lipinski definition) is 2. The van der Waals surface area contributed by atoms with Crippen LogP contribution in [-0.2, 0) is 4.79 Å². The molecule has 0 unspecified atom stereocenters. The van der Waals surface area contributed by atoms with Crippen molar-refractivity contribution in [1.82, 2.24) is 5.32 Å². The number of halogens is 2. The standard InChI is InChI=1S/C12H12BrFN2O/c13-7-2-1-3-8(11(7)14)16-12(17)10-5-6-4-9(6)15-10/h1-3,6,9-10,15H,4-5H2,(H,16,17)/t6-,9-,10+/m1/s1. The monoisotopic (exact) mass is 298 g/mol. The van der Waals surface area contributed by atoms with Crippen LogP contribution >= 0.6 is 15.9 Å². The fourth-order valence-electron chi connectivity index (χ4n) is 2.34. The second-order valence-corrected chi connectivity index (χ2v) is 5.50. The van der Waals surface area contributed by atoms with Gasteiger partial charge in [-0.15, -0.1) is 0 Å². The number of carbonyl (C=O) groups excluding carboxylic acids is 1. The first-order chi connectivity index (χ1) is 8.15. The van der Waals surface area contributed by atoms with E-state index < -0.39 is 5.82 Å². The fraction of sp³-hybridized carbons (Fsp3) is 0.417. The van der Waals surface area contributed by atoms with E-state index in [-0.39, 0.29) is 17.6 Å². The lowest BCUT2D eigenvalue weighted by Gasteiger charge is -2.14.